The van der Waals surface area contributed by atoms with Gasteiger partial charge in [-0.1, -0.05) is 6.92 Å². The van der Waals surface area contributed by atoms with Crippen LogP contribution in [0.5, 0.6) is 0 Å². The maximum absolute atomic E-state index is 10.6. The van der Waals surface area contributed by atoms with Crippen molar-refractivity contribution in [1.29, 1.82) is 0 Å². The van der Waals surface area contributed by atoms with Crippen molar-refractivity contribution < 1.29 is 20.1 Å². The van der Waals surface area contributed by atoms with Crippen LogP contribution in [0.4, 0.5) is 0 Å². The number of aliphatic hydroxyl groups excluding tert-OH is 2. The van der Waals surface area contributed by atoms with Crippen LogP contribution in [0.2, 0.25) is 0 Å². The van der Waals surface area contributed by atoms with E-state index in [1.54, 1.807) is 0 Å². The molecule has 0 bridgehead atoms. The Hall–Kier alpha value is -0.610. The summed E-state index contributed by atoms with van der Waals surface area (Å²) in [6.07, 6.45) is -0.116. The van der Waals surface area contributed by atoms with Gasteiger partial charge in [-0.25, -0.2) is 0 Å². The average molecular weight is 188 g/mol. The first-order valence-electron chi connectivity index (χ1n) is 4.65. The van der Waals surface area contributed by atoms with Crippen LogP contribution >= 0.6 is 0 Å². The molecule has 4 nitrogen and oxygen atoms in total. The summed E-state index contributed by atoms with van der Waals surface area (Å²) in [7, 11) is 0. The first-order valence-corrected chi connectivity index (χ1v) is 4.65. The second kappa shape index (κ2) is 4.07. The molecule has 3 N–H and O–H groups in total. The van der Waals surface area contributed by atoms with Gasteiger partial charge in [0.05, 0.1) is 18.1 Å². The summed E-state index contributed by atoms with van der Waals surface area (Å²) >= 11 is 0. The highest BCUT2D eigenvalue weighted by Gasteiger charge is 2.37. The molecule has 1 aliphatic carbocycles. The van der Waals surface area contributed by atoms with Crippen LogP contribution in [-0.2, 0) is 4.79 Å². The number of carboxylic acids is 1. The lowest BCUT2D eigenvalue weighted by molar-refractivity contribution is -0.149. The number of aliphatic carboxylic acids is 1. The van der Waals surface area contributed by atoms with E-state index >= 15 is 0 Å². The van der Waals surface area contributed by atoms with Crippen molar-refractivity contribution in [3.05, 3.63) is 0 Å². The van der Waals surface area contributed by atoms with E-state index < -0.39 is 24.1 Å². The van der Waals surface area contributed by atoms with Gasteiger partial charge in [-0.3, -0.25) is 4.79 Å². The zero-order chi connectivity index (χ0) is 10.0. The van der Waals surface area contributed by atoms with Crippen LogP contribution in [0, 0.1) is 11.8 Å². The molecule has 2 unspecified atom stereocenters. The molecule has 76 valence electrons. The first kappa shape index (κ1) is 10.5. The predicted octanol–water partition coefficient (Wildman–Crippen LogP) is 0.229. The highest BCUT2D eigenvalue weighted by Crippen LogP contribution is 2.31. The summed E-state index contributed by atoms with van der Waals surface area (Å²) in [4.78, 5) is 10.6. The van der Waals surface area contributed by atoms with Crippen molar-refractivity contribution in [2.24, 2.45) is 11.8 Å². The molecule has 1 rings (SSSR count). The molecule has 0 aliphatic heterocycles. The van der Waals surface area contributed by atoms with Crippen LogP contribution < -0.4 is 0 Å². The van der Waals surface area contributed by atoms with Gasteiger partial charge < -0.3 is 15.3 Å². The van der Waals surface area contributed by atoms with Crippen molar-refractivity contribution in [2.75, 3.05) is 0 Å². The lowest BCUT2D eigenvalue weighted by Gasteiger charge is -2.34. The van der Waals surface area contributed by atoms with E-state index in [1.807, 2.05) is 6.92 Å². The minimum absolute atomic E-state index is 0.157. The number of hydrogen-bond acceptors (Lipinski definition) is 3. The maximum atomic E-state index is 10.6. The highest BCUT2D eigenvalue weighted by atomic mass is 16.4. The number of aliphatic hydroxyl groups is 2. The zero-order valence-electron chi connectivity index (χ0n) is 7.68. The Kier molecular flexibility index (Phi) is 3.27. The van der Waals surface area contributed by atoms with Gasteiger partial charge in [0.2, 0.25) is 0 Å². The van der Waals surface area contributed by atoms with Gasteiger partial charge in [0.25, 0.3) is 0 Å². The van der Waals surface area contributed by atoms with E-state index in [2.05, 4.69) is 0 Å². The van der Waals surface area contributed by atoms with Gasteiger partial charge in [-0.05, 0) is 19.3 Å². The van der Waals surface area contributed by atoms with Crippen molar-refractivity contribution >= 4 is 5.97 Å². The van der Waals surface area contributed by atoms with Gasteiger partial charge >= 0.3 is 5.97 Å². The molecule has 0 saturated heterocycles. The Morgan fingerprint density at radius 2 is 1.77 bits per heavy atom. The molecule has 1 aliphatic rings. The third-order valence-corrected chi connectivity index (χ3v) is 2.86. The van der Waals surface area contributed by atoms with Gasteiger partial charge in [0.1, 0.15) is 0 Å². The second-order valence-corrected chi connectivity index (χ2v) is 3.71. The quantitative estimate of drug-likeness (QED) is 0.579. The molecule has 0 amide bonds. The van der Waals surface area contributed by atoms with Crippen LogP contribution in [-0.4, -0.2) is 33.5 Å². The molecule has 4 heteroatoms. The summed E-state index contributed by atoms with van der Waals surface area (Å²) in [6, 6.07) is 0. The summed E-state index contributed by atoms with van der Waals surface area (Å²) in [5, 5.41) is 27.8. The van der Waals surface area contributed by atoms with E-state index in [9.17, 15) is 15.0 Å². The Labute approximate surface area is 77.2 Å². The molecule has 1 saturated carbocycles. The van der Waals surface area contributed by atoms with E-state index in [4.69, 9.17) is 5.11 Å². The van der Waals surface area contributed by atoms with Crippen LogP contribution in [0.1, 0.15) is 26.2 Å². The van der Waals surface area contributed by atoms with Gasteiger partial charge in [0, 0.05) is 5.92 Å². The zero-order valence-corrected chi connectivity index (χ0v) is 7.68. The lowest BCUT2D eigenvalue weighted by Crippen LogP contribution is -2.41. The number of rotatable bonds is 2. The van der Waals surface area contributed by atoms with Crippen molar-refractivity contribution in [3.8, 4) is 0 Å². The molecule has 1 fully saturated rings. The molecule has 13 heavy (non-hydrogen) atoms. The van der Waals surface area contributed by atoms with Crippen LogP contribution in [0.25, 0.3) is 0 Å². The normalized spacial score (nSPS) is 40.2. The molecule has 0 aromatic heterocycles. The molecule has 2 atom stereocenters. The van der Waals surface area contributed by atoms with E-state index in [1.165, 1.54) is 0 Å². The van der Waals surface area contributed by atoms with Gasteiger partial charge in [-0.2, -0.15) is 0 Å². The molecule has 0 radical (unpaired) electrons. The Balaban J connectivity index is 2.61. The van der Waals surface area contributed by atoms with E-state index in [-0.39, 0.29) is 18.8 Å². The van der Waals surface area contributed by atoms with E-state index in [0.29, 0.717) is 6.42 Å². The average Bonchev–Trinajstić information content (AvgIpc) is 2.03. The number of carboxylic acid groups (broad SMARTS) is 1. The Bertz CT molecular complexity index is 180. The van der Waals surface area contributed by atoms with E-state index in [0.717, 1.165) is 0 Å². The Morgan fingerprint density at radius 3 is 2.08 bits per heavy atom. The summed E-state index contributed by atoms with van der Waals surface area (Å²) in [5.74, 6) is -1.67. The fourth-order valence-electron chi connectivity index (χ4n) is 2.03. The smallest absolute Gasteiger partial charge is 0.306 e. The molecule has 0 heterocycles. The molecule has 0 aromatic carbocycles. The number of hydrogen-bond donors (Lipinski definition) is 3. The monoisotopic (exact) mass is 188 g/mol. The standard InChI is InChI=1S/C9H16O4/c1-2-6-7(10)3-5(9(12)13)4-8(6)11/h5-8,10-11H,2-4H2,1H3,(H,12,13). The molecular weight excluding hydrogens is 172 g/mol. The van der Waals surface area contributed by atoms with Crippen LogP contribution in [0.3, 0.4) is 0 Å². The van der Waals surface area contributed by atoms with Gasteiger partial charge in [0.15, 0.2) is 0 Å². The van der Waals surface area contributed by atoms with Crippen molar-refractivity contribution in [1.82, 2.24) is 0 Å². The van der Waals surface area contributed by atoms with Crippen LogP contribution in [0.15, 0.2) is 0 Å². The number of carbonyl (C=O) groups is 1. The summed E-state index contributed by atoms with van der Waals surface area (Å²) in [5.41, 5.74) is 0. The summed E-state index contributed by atoms with van der Waals surface area (Å²) < 4.78 is 0. The lowest BCUT2D eigenvalue weighted by atomic mass is 9.76. The minimum atomic E-state index is -0.923. The fraction of sp³-hybridized carbons (Fsp3) is 0.889. The summed E-state index contributed by atoms with van der Waals surface area (Å²) in [6.45, 7) is 1.89. The first-order chi connectivity index (χ1) is 6.06. The molecule has 0 spiro atoms. The predicted molar refractivity (Wildman–Crippen MR) is 46.2 cm³/mol. The fourth-order valence-corrected chi connectivity index (χ4v) is 2.03. The minimum Gasteiger partial charge on any atom is -0.481 e. The third kappa shape index (κ3) is 2.19. The Morgan fingerprint density at radius 1 is 1.31 bits per heavy atom. The largest absolute Gasteiger partial charge is 0.481 e. The second-order valence-electron chi connectivity index (χ2n) is 3.71. The highest BCUT2D eigenvalue weighted by molar-refractivity contribution is 5.70. The SMILES string of the molecule is CCC1C(O)CC(C(=O)O)CC1O. The van der Waals surface area contributed by atoms with Gasteiger partial charge in [-0.15, -0.1) is 0 Å². The van der Waals surface area contributed by atoms with Crippen molar-refractivity contribution in [2.45, 2.75) is 38.4 Å². The maximum Gasteiger partial charge on any atom is 0.306 e. The third-order valence-electron chi connectivity index (χ3n) is 2.86. The van der Waals surface area contributed by atoms with Crippen molar-refractivity contribution in [3.63, 3.8) is 0 Å². The topological polar surface area (TPSA) is 77.8 Å². The molecular formula is C9H16O4. The molecule has 0 aromatic rings.